The van der Waals surface area contributed by atoms with E-state index >= 15 is 0 Å². The van der Waals surface area contributed by atoms with Crippen LogP contribution in [0.4, 0.5) is 0 Å². The fourth-order valence-corrected chi connectivity index (χ4v) is 1.24. The number of rotatable bonds is 2. The van der Waals surface area contributed by atoms with Crippen LogP contribution in [0.1, 0.15) is 13.3 Å². The van der Waals surface area contributed by atoms with Crippen molar-refractivity contribution in [1.29, 1.82) is 0 Å². The third kappa shape index (κ3) is 1.60. The Labute approximate surface area is 70.2 Å². The number of aliphatic hydroxyl groups is 4. The Morgan fingerprint density at radius 2 is 1.83 bits per heavy atom. The van der Waals surface area contributed by atoms with E-state index in [0.717, 1.165) is 0 Å². The molecule has 0 bridgehead atoms. The average molecular weight is 178 g/mol. The molecule has 1 saturated heterocycles. The van der Waals surface area contributed by atoms with Gasteiger partial charge in [-0.05, 0) is 6.42 Å². The van der Waals surface area contributed by atoms with Gasteiger partial charge in [-0.25, -0.2) is 0 Å². The molecule has 1 aliphatic heterocycles. The molecule has 5 atom stereocenters. The van der Waals surface area contributed by atoms with Crippen molar-refractivity contribution in [3.63, 3.8) is 0 Å². The zero-order valence-corrected chi connectivity index (χ0v) is 6.79. The zero-order chi connectivity index (χ0) is 9.30. The molecule has 3 unspecified atom stereocenters. The molecule has 4 N–H and O–H groups in total. The van der Waals surface area contributed by atoms with Gasteiger partial charge in [0.2, 0.25) is 0 Å². The Morgan fingerprint density at radius 3 is 2.17 bits per heavy atom. The van der Waals surface area contributed by atoms with Crippen LogP contribution in [0.3, 0.4) is 0 Å². The fraction of sp³-hybridized carbons (Fsp3) is 1.00. The van der Waals surface area contributed by atoms with Crippen molar-refractivity contribution in [2.75, 3.05) is 0 Å². The molecule has 0 aliphatic carbocycles. The first-order chi connectivity index (χ1) is 5.57. The SMILES string of the molecule is CC[C@H](O)C1O[C@H](O)C(O)C1O. The molecule has 0 spiro atoms. The van der Waals surface area contributed by atoms with E-state index < -0.39 is 30.7 Å². The highest BCUT2D eigenvalue weighted by Crippen LogP contribution is 2.23. The summed E-state index contributed by atoms with van der Waals surface area (Å²) < 4.78 is 4.74. The summed E-state index contributed by atoms with van der Waals surface area (Å²) in [6.07, 6.45) is -5.27. The van der Waals surface area contributed by atoms with Crippen LogP contribution in [0.5, 0.6) is 0 Å². The summed E-state index contributed by atoms with van der Waals surface area (Å²) in [5.41, 5.74) is 0. The predicted octanol–water partition coefficient (Wildman–Crippen LogP) is -1.80. The topological polar surface area (TPSA) is 90.2 Å². The van der Waals surface area contributed by atoms with Gasteiger partial charge in [0.15, 0.2) is 6.29 Å². The normalized spacial score (nSPS) is 44.8. The lowest BCUT2D eigenvalue weighted by Gasteiger charge is -2.18. The van der Waals surface area contributed by atoms with Gasteiger partial charge in [0.05, 0.1) is 6.10 Å². The molecule has 72 valence electrons. The molecule has 1 rings (SSSR count). The average Bonchev–Trinajstić information content (AvgIpc) is 2.32. The van der Waals surface area contributed by atoms with Crippen molar-refractivity contribution in [3.8, 4) is 0 Å². The van der Waals surface area contributed by atoms with Crippen molar-refractivity contribution in [2.24, 2.45) is 0 Å². The third-order valence-corrected chi connectivity index (χ3v) is 2.07. The first kappa shape index (κ1) is 9.88. The summed E-state index contributed by atoms with van der Waals surface area (Å²) in [5.74, 6) is 0. The first-order valence-corrected chi connectivity index (χ1v) is 3.95. The third-order valence-electron chi connectivity index (χ3n) is 2.07. The van der Waals surface area contributed by atoms with Crippen LogP contribution in [-0.2, 0) is 4.74 Å². The van der Waals surface area contributed by atoms with Crippen molar-refractivity contribution in [2.45, 2.75) is 44.1 Å². The number of ether oxygens (including phenoxy) is 1. The van der Waals surface area contributed by atoms with E-state index in [-0.39, 0.29) is 0 Å². The van der Waals surface area contributed by atoms with Crippen LogP contribution in [0, 0.1) is 0 Å². The van der Waals surface area contributed by atoms with Gasteiger partial charge in [-0.1, -0.05) is 6.92 Å². The van der Waals surface area contributed by atoms with Gasteiger partial charge in [-0.15, -0.1) is 0 Å². The second kappa shape index (κ2) is 3.68. The summed E-state index contributed by atoms with van der Waals surface area (Å²) in [6, 6.07) is 0. The van der Waals surface area contributed by atoms with Gasteiger partial charge in [-0.3, -0.25) is 0 Å². The van der Waals surface area contributed by atoms with Gasteiger partial charge >= 0.3 is 0 Å². The molecule has 1 aliphatic rings. The summed E-state index contributed by atoms with van der Waals surface area (Å²) in [5, 5.41) is 36.5. The predicted molar refractivity (Wildman–Crippen MR) is 39.2 cm³/mol. The highest BCUT2D eigenvalue weighted by atomic mass is 16.6. The van der Waals surface area contributed by atoms with E-state index in [2.05, 4.69) is 0 Å². The highest BCUT2D eigenvalue weighted by molar-refractivity contribution is 4.89. The van der Waals surface area contributed by atoms with Crippen LogP contribution in [-0.4, -0.2) is 51.1 Å². The summed E-state index contributed by atoms with van der Waals surface area (Å²) >= 11 is 0. The van der Waals surface area contributed by atoms with Crippen LogP contribution in [0.25, 0.3) is 0 Å². The van der Waals surface area contributed by atoms with Gasteiger partial charge < -0.3 is 25.2 Å². The van der Waals surface area contributed by atoms with E-state index in [0.29, 0.717) is 6.42 Å². The molecular weight excluding hydrogens is 164 g/mol. The molecule has 12 heavy (non-hydrogen) atoms. The lowest BCUT2D eigenvalue weighted by molar-refractivity contribution is -0.146. The van der Waals surface area contributed by atoms with E-state index in [1.54, 1.807) is 6.92 Å². The quantitative estimate of drug-likeness (QED) is 0.400. The molecule has 0 radical (unpaired) electrons. The lowest BCUT2D eigenvalue weighted by atomic mass is 10.0. The lowest BCUT2D eigenvalue weighted by Crippen LogP contribution is -2.38. The molecular formula is C7H14O5. The summed E-state index contributed by atoms with van der Waals surface area (Å²) in [6.45, 7) is 1.72. The number of hydrogen-bond acceptors (Lipinski definition) is 5. The maximum Gasteiger partial charge on any atom is 0.184 e. The van der Waals surface area contributed by atoms with Gasteiger partial charge in [-0.2, -0.15) is 0 Å². The van der Waals surface area contributed by atoms with Crippen molar-refractivity contribution in [3.05, 3.63) is 0 Å². The number of aliphatic hydroxyl groups excluding tert-OH is 4. The van der Waals surface area contributed by atoms with Crippen molar-refractivity contribution < 1.29 is 25.2 Å². The van der Waals surface area contributed by atoms with Gasteiger partial charge in [0.1, 0.15) is 18.3 Å². The smallest absolute Gasteiger partial charge is 0.184 e. The second-order valence-electron chi connectivity index (χ2n) is 2.95. The minimum Gasteiger partial charge on any atom is -0.390 e. The van der Waals surface area contributed by atoms with Crippen LogP contribution in [0.2, 0.25) is 0 Å². The Balaban J connectivity index is 2.58. The Bertz CT molecular complexity index is 151. The zero-order valence-electron chi connectivity index (χ0n) is 6.79. The molecule has 0 saturated carbocycles. The molecule has 0 aromatic carbocycles. The van der Waals surface area contributed by atoms with Crippen molar-refractivity contribution in [1.82, 2.24) is 0 Å². The second-order valence-corrected chi connectivity index (χ2v) is 2.95. The molecule has 5 heteroatoms. The molecule has 0 aromatic heterocycles. The van der Waals surface area contributed by atoms with Crippen molar-refractivity contribution >= 4 is 0 Å². The maximum absolute atomic E-state index is 9.26. The largest absolute Gasteiger partial charge is 0.390 e. The Kier molecular flexibility index (Phi) is 3.03. The standard InChI is InChI=1S/C7H14O5/c1-2-3(8)6-4(9)5(10)7(11)12-6/h3-11H,2H2,1H3/t3-,4?,5?,6?,7-/m0/s1. The minimum absolute atomic E-state index is 0.404. The molecule has 0 amide bonds. The van der Waals surface area contributed by atoms with Gasteiger partial charge in [0, 0.05) is 0 Å². The minimum atomic E-state index is -1.40. The fourth-order valence-electron chi connectivity index (χ4n) is 1.24. The highest BCUT2D eigenvalue weighted by Gasteiger charge is 2.44. The molecule has 1 fully saturated rings. The molecule has 5 nitrogen and oxygen atoms in total. The monoisotopic (exact) mass is 178 g/mol. The van der Waals surface area contributed by atoms with Crippen LogP contribution >= 0.6 is 0 Å². The first-order valence-electron chi connectivity index (χ1n) is 3.95. The molecule has 0 aromatic rings. The number of hydrogen-bond donors (Lipinski definition) is 4. The van der Waals surface area contributed by atoms with E-state index in [9.17, 15) is 10.2 Å². The maximum atomic E-state index is 9.26. The van der Waals surface area contributed by atoms with E-state index in [1.807, 2.05) is 0 Å². The van der Waals surface area contributed by atoms with Crippen LogP contribution in [0.15, 0.2) is 0 Å². The van der Waals surface area contributed by atoms with Gasteiger partial charge in [0.25, 0.3) is 0 Å². The Hall–Kier alpha value is -0.200. The van der Waals surface area contributed by atoms with E-state index in [1.165, 1.54) is 0 Å². The summed E-state index contributed by atoms with van der Waals surface area (Å²) in [4.78, 5) is 0. The van der Waals surface area contributed by atoms with E-state index in [4.69, 9.17) is 14.9 Å². The Morgan fingerprint density at radius 1 is 1.25 bits per heavy atom. The summed E-state index contributed by atoms with van der Waals surface area (Å²) in [7, 11) is 0. The van der Waals surface area contributed by atoms with Crippen LogP contribution < -0.4 is 0 Å². The molecule has 1 heterocycles.